The molecule has 0 spiro atoms. The molecule has 8 heteroatoms. The lowest BCUT2D eigenvalue weighted by Crippen LogP contribution is -2.34. The molecule has 2 aromatic rings. The second-order valence-corrected chi connectivity index (χ2v) is 5.35. The number of primary amides is 1. The van der Waals surface area contributed by atoms with Crippen molar-refractivity contribution in [3.8, 4) is 0 Å². The van der Waals surface area contributed by atoms with Crippen LogP contribution in [-0.2, 0) is 4.79 Å². The van der Waals surface area contributed by atoms with Crippen molar-refractivity contribution in [2.24, 2.45) is 5.73 Å². The summed E-state index contributed by atoms with van der Waals surface area (Å²) in [5.74, 6) is -2.01. The number of aromatic nitrogens is 1. The number of nitrogens with one attached hydrogen (secondary N) is 2. The fraction of sp³-hybridized carbons (Fsp3) is 0.188. The van der Waals surface area contributed by atoms with E-state index >= 15 is 0 Å². The van der Waals surface area contributed by atoms with Gasteiger partial charge in [0.05, 0.1) is 11.3 Å². The van der Waals surface area contributed by atoms with Crippen LogP contribution in [0.15, 0.2) is 36.5 Å². The summed E-state index contributed by atoms with van der Waals surface area (Å²) in [6.07, 6.45) is 2.01. The molecule has 2 amide bonds. The summed E-state index contributed by atoms with van der Waals surface area (Å²) in [5.41, 5.74) is 5.60. The van der Waals surface area contributed by atoms with Crippen molar-refractivity contribution in [2.45, 2.75) is 19.4 Å². The second kappa shape index (κ2) is 7.74. The first kappa shape index (κ1) is 17.7. The number of hydrogen-bond donors (Lipinski definition) is 3. The van der Waals surface area contributed by atoms with Crippen LogP contribution in [0.5, 0.6) is 0 Å². The molecule has 2 rings (SSSR count). The fourth-order valence-corrected chi connectivity index (χ4v) is 2.23. The van der Waals surface area contributed by atoms with Crippen molar-refractivity contribution in [2.75, 3.05) is 10.6 Å². The minimum absolute atomic E-state index is 0.251. The van der Waals surface area contributed by atoms with E-state index in [1.807, 2.05) is 6.92 Å². The zero-order valence-corrected chi connectivity index (χ0v) is 13.6. The van der Waals surface area contributed by atoms with Gasteiger partial charge in [0.25, 0.3) is 5.91 Å². The van der Waals surface area contributed by atoms with Crippen LogP contribution in [-0.4, -0.2) is 22.8 Å². The van der Waals surface area contributed by atoms with Crippen molar-refractivity contribution in [3.63, 3.8) is 0 Å². The van der Waals surface area contributed by atoms with Crippen LogP contribution in [0, 0.1) is 5.82 Å². The first-order chi connectivity index (χ1) is 11.4. The zero-order chi connectivity index (χ0) is 17.7. The van der Waals surface area contributed by atoms with Crippen LogP contribution < -0.4 is 16.4 Å². The lowest BCUT2D eigenvalue weighted by molar-refractivity contribution is -0.117. The highest BCUT2D eigenvalue weighted by molar-refractivity contribution is 6.32. The van der Waals surface area contributed by atoms with Crippen LogP contribution in [0.2, 0.25) is 5.15 Å². The number of rotatable bonds is 6. The maximum absolute atomic E-state index is 13.5. The molecule has 0 saturated heterocycles. The molecule has 24 heavy (non-hydrogen) atoms. The zero-order valence-electron chi connectivity index (χ0n) is 12.8. The maximum Gasteiger partial charge on any atom is 0.251 e. The molecule has 1 heterocycles. The molecule has 0 radical (unpaired) electrons. The molecule has 126 valence electrons. The summed E-state index contributed by atoms with van der Waals surface area (Å²) in [4.78, 5) is 27.5. The molecular weight excluding hydrogens is 335 g/mol. The number of pyridine rings is 1. The van der Waals surface area contributed by atoms with E-state index in [1.54, 1.807) is 18.3 Å². The Hall–Kier alpha value is -2.67. The third-order valence-corrected chi connectivity index (χ3v) is 3.61. The number of benzene rings is 1. The smallest absolute Gasteiger partial charge is 0.251 e. The summed E-state index contributed by atoms with van der Waals surface area (Å²) in [7, 11) is 0. The Morgan fingerprint density at radius 1 is 1.38 bits per heavy atom. The summed E-state index contributed by atoms with van der Waals surface area (Å²) in [5, 5.41) is 5.86. The van der Waals surface area contributed by atoms with E-state index in [4.69, 9.17) is 17.3 Å². The molecule has 0 aliphatic carbocycles. The van der Waals surface area contributed by atoms with Gasteiger partial charge in [0.1, 0.15) is 11.9 Å². The Labute approximate surface area is 143 Å². The predicted molar refractivity (Wildman–Crippen MR) is 90.5 cm³/mol. The van der Waals surface area contributed by atoms with E-state index in [-0.39, 0.29) is 22.3 Å². The topological polar surface area (TPSA) is 97.1 Å². The van der Waals surface area contributed by atoms with Gasteiger partial charge in [-0.25, -0.2) is 9.37 Å². The molecule has 4 N–H and O–H groups in total. The quantitative estimate of drug-likeness (QED) is 0.698. The maximum atomic E-state index is 13.5. The minimum atomic E-state index is -0.907. The normalized spacial score (nSPS) is 11.6. The summed E-state index contributed by atoms with van der Waals surface area (Å²) >= 11 is 5.96. The van der Waals surface area contributed by atoms with E-state index in [1.165, 1.54) is 12.1 Å². The number of carbonyl (C=O) groups is 2. The highest BCUT2D eigenvalue weighted by Crippen LogP contribution is 2.20. The monoisotopic (exact) mass is 350 g/mol. The molecule has 1 atom stereocenters. The van der Waals surface area contributed by atoms with E-state index in [9.17, 15) is 14.0 Å². The number of hydrogen-bond acceptors (Lipinski definition) is 4. The first-order valence-electron chi connectivity index (χ1n) is 7.19. The molecular formula is C16H16ClFN4O2. The fourth-order valence-electron chi connectivity index (χ4n) is 2.06. The summed E-state index contributed by atoms with van der Waals surface area (Å²) in [6.45, 7) is 1.82. The van der Waals surface area contributed by atoms with Gasteiger partial charge in [0, 0.05) is 11.9 Å². The van der Waals surface area contributed by atoms with Crippen LogP contribution in [0.1, 0.15) is 23.7 Å². The Balaban J connectivity index is 2.14. The van der Waals surface area contributed by atoms with Gasteiger partial charge in [-0.2, -0.15) is 0 Å². The number of nitrogens with zero attached hydrogens (tertiary/aromatic N) is 1. The highest BCUT2D eigenvalue weighted by atomic mass is 35.5. The third-order valence-electron chi connectivity index (χ3n) is 3.31. The van der Waals surface area contributed by atoms with Gasteiger partial charge in [-0.1, -0.05) is 18.5 Å². The van der Waals surface area contributed by atoms with Gasteiger partial charge in [-0.3, -0.25) is 9.59 Å². The number of nitrogens with two attached hydrogens (primary N) is 1. The number of halogens is 2. The predicted octanol–water partition coefficient (Wildman–Crippen LogP) is 2.80. The minimum Gasteiger partial charge on any atom is -0.371 e. The van der Waals surface area contributed by atoms with Crippen LogP contribution in [0.3, 0.4) is 0 Å². The van der Waals surface area contributed by atoms with Crippen molar-refractivity contribution in [3.05, 3.63) is 53.1 Å². The molecule has 0 fully saturated rings. The highest BCUT2D eigenvalue weighted by Gasteiger charge is 2.18. The number of amides is 2. The van der Waals surface area contributed by atoms with E-state index in [0.717, 1.165) is 6.07 Å². The number of anilines is 2. The molecule has 0 bridgehead atoms. The standard InChI is InChI=1S/C16H16ClFN4O2/c1-2-12(22-13-4-3-7-20-14(13)17)16(24)21-9-5-6-11(18)10(8-9)15(19)23/h3-8,12,22H,2H2,1H3,(H2,19,23)(H,21,24). The third kappa shape index (κ3) is 4.20. The SMILES string of the molecule is CCC(Nc1cccnc1Cl)C(=O)Nc1ccc(F)c(C(N)=O)c1. The van der Waals surface area contributed by atoms with Crippen molar-refractivity contribution >= 4 is 34.8 Å². The van der Waals surface area contributed by atoms with Crippen LogP contribution >= 0.6 is 11.6 Å². The van der Waals surface area contributed by atoms with Gasteiger partial charge < -0.3 is 16.4 Å². The molecule has 1 unspecified atom stereocenters. The average Bonchev–Trinajstić information content (AvgIpc) is 2.55. The van der Waals surface area contributed by atoms with Gasteiger partial charge in [0.2, 0.25) is 5.91 Å². The van der Waals surface area contributed by atoms with Crippen molar-refractivity contribution in [1.82, 2.24) is 4.98 Å². The summed E-state index contributed by atoms with van der Waals surface area (Å²) < 4.78 is 13.5. The van der Waals surface area contributed by atoms with Crippen molar-refractivity contribution in [1.29, 1.82) is 0 Å². The van der Waals surface area contributed by atoms with Crippen LogP contribution in [0.4, 0.5) is 15.8 Å². The summed E-state index contributed by atoms with van der Waals surface area (Å²) in [6, 6.07) is 6.42. The van der Waals surface area contributed by atoms with E-state index in [0.29, 0.717) is 12.1 Å². The van der Waals surface area contributed by atoms with Crippen LogP contribution in [0.25, 0.3) is 0 Å². The largest absolute Gasteiger partial charge is 0.371 e. The van der Waals surface area contributed by atoms with Gasteiger partial charge in [0.15, 0.2) is 5.15 Å². The second-order valence-electron chi connectivity index (χ2n) is 5.00. The molecule has 1 aromatic heterocycles. The Bertz CT molecular complexity index is 769. The molecule has 0 aliphatic rings. The first-order valence-corrected chi connectivity index (χ1v) is 7.57. The average molecular weight is 351 g/mol. The molecule has 0 aliphatic heterocycles. The Kier molecular flexibility index (Phi) is 5.70. The van der Waals surface area contributed by atoms with E-state index < -0.39 is 17.8 Å². The Morgan fingerprint density at radius 2 is 2.12 bits per heavy atom. The van der Waals surface area contributed by atoms with Gasteiger partial charge >= 0.3 is 0 Å². The lowest BCUT2D eigenvalue weighted by atomic mass is 10.1. The Morgan fingerprint density at radius 3 is 2.75 bits per heavy atom. The molecule has 0 saturated carbocycles. The molecule has 6 nitrogen and oxygen atoms in total. The lowest BCUT2D eigenvalue weighted by Gasteiger charge is -2.18. The van der Waals surface area contributed by atoms with Gasteiger partial charge in [-0.15, -0.1) is 0 Å². The van der Waals surface area contributed by atoms with Crippen molar-refractivity contribution < 1.29 is 14.0 Å². The molecule has 1 aromatic carbocycles. The van der Waals surface area contributed by atoms with Gasteiger partial charge in [-0.05, 0) is 36.8 Å². The van der Waals surface area contributed by atoms with E-state index in [2.05, 4.69) is 15.6 Å². The number of carbonyl (C=O) groups excluding carboxylic acids is 2.